The van der Waals surface area contributed by atoms with Crippen molar-refractivity contribution in [2.45, 2.75) is 32.4 Å². The average Bonchev–Trinajstić information content (AvgIpc) is 3.16. The van der Waals surface area contributed by atoms with E-state index in [-0.39, 0.29) is 24.1 Å². The van der Waals surface area contributed by atoms with E-state index in [0.29, 0.717) is 12.2 Å². The monoisotopic (exact) mass is 340 g/mol. The molecule has 6 nitrogen and oxygen atoms in total. The Kier molecular flexibility index (Phi) is 5.60. The van der Waals surface area contributed by atoms with Crippen molar-refractivity contribution >= 4 is 5.91 Å². The molecule has 2 heterocycles. The number of rotatable bonds is 6. The van der Waals surface area contributed by atoms with Crippen LogP contribution in [0.2, 0.25) is 0 Å². The first-order chi connectivity index (χ1) is 12.2. The maximum absolute atomic E-state index is 12.8. The molecule has 1 aromatic heterocycles. The standard InChI is InChI=1S/C19H24N4O2/c1-2-12-22(16-10-11-20-13-16)19(25)14-23-18(24)9-8-17(21-23)15-6-4-3-5-7-15/h3-9,16,20H,2,10-14H2,1H3. The molecule has 132 valence electrons. The molecule has 1 aliphatic heterocycles. The van der Waals surface area contributed by atoms with Crippen LogP contribution in [0.25, 0.3) is 11.3 Å². The molecule has 1 amide bonds. The number of amides is 1. The number of hydrogen-bond donors (Lipinski definition) is 1. The third-order valence-electron chi connectivity index (χ3n) is 4.48. The van der Waals surface area contributed by atoms with Crippen LogP contribution in [0.4, 0.5) is 0 Å². The first-order valence-electron chi connectivity index (χ1n) is 8.83. The van der Waals surface area contributed by atoms with Gasteiger partial charge in [0, 0.05) is 30.8 Å². The molecular weight excluding hydrogens is 316 g/mol. The van der Waals surface area contributed by atoms with Crippen molar-refractivity contribution in [3.63, 3.8) is 0 Å². The number of nitrogens with zero attached hydrogens (tertiary/aromatic N) is 3. The largest absolute Gasteiger partial charge is 0.337 e. The number of carbonyl (C=O) groups excluding carboxylic acids is 1. The number of carbonyl (C=O) groups is 1. The zero-order chi connectivity index (χ0) is 17.6. The highest BCUT2D eigenvalue weighted by molar-refractivity contribution is 5.76. The van der Waals surface area contributed by atoms with Crippen molar-refractivity contribution in [1.82, 2.24) is 20.0 Å². The lowest BCUT2D eigenvalue weighted by Gasteiger charge is -2.28. The summed E-state index contributed by atoms with van der Waals surface area (Å²) in [5, 5.41) is 7.69. The van der Waals surface area contributed by atoms with Gasteiger partial charge < -0.3 is 10.2 Å². The summed E-state index contributed by atoms with van der Waals surface area (Å²) < 4.78 is 1.27. The van der Waals surface area contributed by atoms with Gasteiger partial charge in [-0.15, -0.1) is 0 Å². The maximum Gasteiger partial charge on any atom is 0.267 e. The lowest BCUT2D eigenvalue weighted by Crippen LogP contribution is -2.45. The van der Waals surface area contributed by atoms with Gasteiger partial charge in [0.2, 0.25) is 5.91 Å². The van der Waals surface area contributed by atoms with Gasteiger partial charge >= 0.3 is 0 Å². The Balaban J connectivity index is 1.81. The van der Waals surface area contributed by atoms with Gasteiger partial charge in [0.15, 0.2) is 0 Å². The van der Waals surface area contributed by atoms with Crippen LogP contribution < -0.4 is 10.9 Å². The SMILES string of the molecule is CCCN(C(=O)Cn1nc(-c2ccccc2)ccc1=O)C1CCNC1. The van der Waals surface area contributed by atoms with E-state index in [9.17, 15) is 9.59 Å². The summed E-state index contributed by atoms with van der Waals surface area (Å²) in [6, 6.07) is 13.0. The van der Waals surface area contributed by atoms with Crippen LogP contribution in [0, 0.1) is 0 Å². The van der Waals surface area contributed by atoms with E-state index in [1.54, 1.807) is 6.07 Å². The van der Waals surface area contributed by atoms with Crippen LogP contribution in [0.5, 0.6) is 0 Å². The summed E-state index contributed by atoms with van der Waals surface area (Å²) in [7, 11) is 0. The van der Waals surface area contributed by atoms with Crippen molar-refractivity contribution in [2.75, 3.05) is 19.6 Å². The van der Waals surface area contributed by atoms with Crippen molar-refractivity contribution in [2.24, 2.45) is 0 Å². The van der Waals surface area contributed by atoms with Crippen LogP contribution in [0.1, 0.15) is 19.8 Å². The Morgan fingerprint density at radius 3 is 2.76 bits per heavy atom. The van der Waals surface area contributed by atoms with E-state index in [4.69, 9.17) is 0 Å². The predicted molar refractivity (Wildman–Crippen MR) is 97.2 cm³/mol. The maximum atomic E-state index is 12.8. The second-order valence-electron chi connectivity index (χ2n) is 6.31. The van der Waals surface area contributed by atoms with Gasteiger partial charge in [-0.25, -0.2) is 4.68 Å². The van der Waals surface area contributed by atoms with Crippen LogP contribution in [-0.4, -0.2) is 46.3 Å². The number of nitrogens with one attached hydrogen (secondary N) is 1. The summed E-state index contributed by atoms with van der Waals surface area (Å²) in [6.07, 6.45) is 1.85. The topological polar surface area (TPSA) is 67.2 Å². The molecule has 1 fully saturated rings. The Morgan fingerprint density at radius 2 is 2.08 bits per heavy atom. The smallest absolute Gasteiger partial charge is 0.267 e. The van der Waals surface area contributed by atoms with E-state index in [1.807, 2.05) is 35.2 Å². The third kappa shape index (κ3) is 4.14. The summed E-state index contributed by atoms with van der Waals surface area (Å²) in [5.74, 6) is -0.0460. The quantitative estimate of drug-likeness (QED) is 0.866. The Bertz CT molecular complexity index is 766. The van der Waals surface area contributed by atoms with Crippen molar-refractivity contribution in [3.05, 3.63) is 52.8 Å². The Morgan fingerprint density at radius 1 is 1.28 bits per heavy atom. The summed E-state index contributed by atoms with van der Waals surface area (Å²) >= 11 is 0. The fourth-order valence-corrected chi connectivity index (χ4v) is 3.20. The lowest BCUT2D eigenvalue weighted by molar-refractivity contribution is -0.134. The fraction of sp³-hybridized carbons (Fsp3) is 0.421. The van der Waals surface area contributed by atoms with Crippen molar-refractivity contribution < 1.29 is 4.79 Å². The highest BCUT2D eigenvalue weighted by Gasteiger charge is 2.26. The molecule has 0 radical (unpaired) electrons. The van der Waals surface area contributed by atoms with E-state index >= 15 is 0 Å². The number of hydrogen-bond acceptors (Lipinski definition) is 4. The third-order valence-corrected chi connectivity index (χ3v) is 4.48. The summed E-state index contributed by atoms with van der Waals surface area (Å²) in [5.41, 5.74) is 1.36. The van der Waals surface area contributed by atoms with Gasteiger partial charge in [0.1, 0.15) is 6.54 Å². The highest BCUT2D eigenvalue weighted by atomic mass is 16.2. The summed E-state index contributed by atoms with van der Waals surface area (Å²) in [4.78, 5) is 26.8. The van der Waals surface area contributed by atoms with Gasteiger partial charge in [0.25, 0.3) is 5.56 Å². The molecule has 1 aliphatic rings. The Hall–Kier alpha value is -2.47. The minimum absolute atomic E-state index is 0.0179. The van der Waals surface area contributed by atoms with Crippen LogP contribution in [0.15, 0.2) is 47.3 Å². The second-order valence-corrected chi connectivity index (χ2v) is 6.31. The Labute approximate surface area is 147 Å². The van der Waals surface area contributed by atoms with Gasteiger partial charge in [-0.05, 0) is 25.5 Å². The second kappa shape index (κ2) is 8.07. The molecule has 0 saturated carbocycles. The van der Waals surface area contributed by atoms with Gasteiger partial charge in [-0.1, -0.05) is 37.3 Å². The molecule has 1 unspecified atom stereocenters. The van der Waals surface area contributed by atoms with Crippen LogP contribution in [-0.2, 0) is 11.3 Å². The first kappa shape index (κ1) is 17.4. The zero-order valence-corrected chi connectivity index (χ0v) is 14.5. The number of benzene rings is 1. The van der Waals surface area contributed by atoms with Gasteiger partial charge in [-0.2, -0.15) is 5.10 Å². The van der Waals surface area contributed by atoms with Crippen molar-refractivity contribution in [3.8, 4) is 11.3 Å². The first-order valence-corrected chi connectivity index (χ1v) is 8.83. The lowest BCUT2D eigenvalue weighted by atomic mass is 10.1. The molecule has 2 aromatic rings. The zero-order valence-electron chi connectivity index (χ0n) is 14.5. The molecule has 25 heavy (non-hydrogen) atoms. The molecule has 3 rings (SSSR count). The number of aromatic nitrogens is 2. The molecule has 0 spiro atoms. The van der Waals surface area contributed by atoms with Crippen LogP contribution in [0.3, 0.4) is 0 Å². The molecule has 6 heteroatoms. The van der Waals surface area contributed by atoms with E-state index in [0.717, 1.165) is 31.5 Å². The average molecular weight is 340 g/mol. The van der Waals surface area contributed by atoms with E-state index < -0.39 is 0 Å². The normalized spacial score (nSPS) is 16.8. The molecule has 0 bridgehead atoms. The molecule has 1 N–H and O–H groups in total. The molecule has 1 aromatic carbocycles. The molecule has 0 aliphatic carbocycles. The van der Waals surface area contributed by atoms with Gasteiger partial charge in [-0.3, -0.25) is 9.59 Å². The molecular formula is C19H24N4O2. The van der Waals surface area contributed by atoms with Crippen molar-refractivity contribution in [1.29, 1.82) is 0 Å². The van der Waals surface area contributed by atoms with Crippen LogP contribution >= 0.6 is 0 Å². The fourth-order valence-electron chi connectivity index (χ4n) is 3.20. The van der Waals surface area contributed by atoms with E-state index in [1.165, 1.54) is 10.7 Å². The minimum Gasteiger partial charge on any atom is -0.337 e. The van der Waals surface area contributed by atoms with Gasteiger partial charge in [0.05, 0.1) is 5.69 Å². The highest BCUT2D eigenvalue weighted by Crippen LogP contribution is 2.14. The summed E-state index contributed by atoms with van der Waals surface area (Å²) in [6.45, 7) is 4.50. The molecule has 1 saturated heterocycles. The minimum atomic E-state index is -0.256. The van der Waals surface area contributed by atoms with E-state index in [2.05, 4.69) is 17.3 Å². The molecule has 1 atom stereocenters. The predicted octanol–water partition coefficient (Wildman–Crippen LogP) is 1.51.